The van der Waals surface area contributed by atoms with Gasteiger partial charge >= 0.3 is 5.97 Å². The maximum absolute atomic E-state index is 11.9. The van der Waals surface area contributed by atoms with Crippen molar-refractivity contribution in [3.63, 3.8) is 0 Å². The minimum atomic E-state index is -0.918. The summed E-state index contributed by atoms with van der Waals surface area (Å²) in [4.78, 5) is 22.6. The lowest BCUT2D eigenvalue weighted by Gasteiger charge is -2.28. The van der Waals surface area contributed by atoms with E-state index < -0.39 is 23.3 Å². The first-order valence-corrected chi connectivity index (χ1v) is 5.52. The van der Waals surface area contributed by atoms with Crippen LogP contribution in [0.1, 0.15) is 34.1 Å². The van der Waals surface area contributed by atoms with Gasteiger partial charge in [0.2, 0.25) is 5.91 Å². The highest BCUT2D eigenvalue weighted by Gasteiger charge is 2.32. The predicted molar refractivity (Wildman–Crippen MR) is 61.9 cm³/mol. The first kappa shape index (κ1) is 14.9. The van der Waals surface area contributed by atoms with Gasteiger partial charge < -0.3 is 16.2 Å². The summed E-state index contributed by atoms with van der Waals surface area (Å²) < 4.78 is 0. The Kier molecular flexibility index (Phi) is 5.44. The van der Waals surface area contributed by atoms with Gasteiger partial charge in [-0.05, 0) is 27.2 Å². The third-order valence-corrected chi connectivity index (χ3v) is 3.28. The number of hydrogen-bond acceptors (Lipinski definition) is 3. The van der Waals surface area contributed by atoms with Gasteiger partial charge in [0.15, 0.2) is 0 Å². The number of nitrogens with two attached hydrogens (primary N) is 1. The van der Waals surface area contributed by atoms with Crippen molar-refractivity contribution in [2.75, 3.05) is 6.54 Å². The highest BCUT2D eigenvalue weighted by molar-refractivity contribution is 5.83. The predicted octanol–water partition coefficient (Wildman–Crippen LogP) is 0.587. The zero-order valence-electron chi connectivity index (χ0n) is 10.4. The molecule has 0 spiro atoms. The van der Waals surface area contributed by atoms with E-state index in [1.54, 1.807) is 20.8 Å². The summed E-state index contributed by atoms with van der Waals surface area (Å²) >= 11 is 0. The van der Waals surface area contributed by atoms with Crippen LogP contribution in [-0.4, -0.2) is 29.6 Å². The molecule has 0 saturated heterocycles. The van der Waals surface area contributed by atoms with Crippen molar-refractivity contribution in [3.05, 3.63) is 0 Å². The Bertz CT molecular complexity index is 262. The lowest BCUT2D eigenvalue weighted by atomic mass is 9.86. The van der Waals surface area contributed by atoms with Crippen LogP contribution >= 0.6 is 0 Å². The van der Waals surface area contributed by atoms with Gasteiger partial charge in [-0.2, -0.15) is 0 Å². The maximum Gasteiger partial charge on any atom is 0.308 e. The largest absolute Gasteiger partial charge is 0.481 e. The lowest BCUT2D eigenvalue weighted by Crippen LogP contribution is -2.49. The van der Waals surface area contributed by atoms with Crippen LogP contribution in [0.5, 0.6) is 0 Å². The summed E-state index contributed by atoms with van der Waals surface area (Å²) in [6, 6.07) is -0.401. The first-order chi connectivity index (χ1) is 7.28. The molecule has 94 valence electrons. The van der Waals surface area contributed by atoms with Gasteiger partial charge in [0.05, 0.1) is 11.3 Å². The number of carboxylic acids is 1. The van der Waals surface area contributed by atoms with Crippen molar-refractivity contribution in [1.82, 2.24) is 5.32 Å². The molecule has 0 aromatic carbocycles. The average molecular weight is 230 g/mol. The van der Waals surface area contributed by atoms with Crippen molar-refractivity contribution < 1.29 is 14.7 Å². The third-order valence-electron chi connectivity index (χ3n) is 3.28. The standard InChI is InChI=1S/C11H22N2O3/c1-5-11(4,6-12)10(16)13-8(3)7(2)9(14)15/h7-8H,5-6,12H2,1-4H3,(H,13,16)(H,14,15). The second-order valence-corrected chi connectivity index (χ2v) is 4.51. The number of carbonyl (C=O) groups is 2. The van der Waals surface area contributed by atoms with E-state index in [9.17, 15) is 9.59 Å². The number of aliphatic carboxylic acids is 1. The number of carbonyl (C=O) groups excluding carboxylic acids is 1. The Morgan fingerprint density at radius 3 is 2.25 bits per heavy atom. The number of amides is 1. The SMILES string of the molecule is CCC(C)(CN)C(=O)NC(C)C(C)C(=O)O. The molecule has 0 rings (SSSR count). The third kappa shape index (κ3) is 3.48. The Morgan fingerprint density at radius 1 is 1.44 bits per heavy atom. The topological polar surface area (TPSA) is 92.4 Å². The normalized spacial score (nSPS) is 18.3. The van der Waals surface area contributed by atoms with Crippen LogP contribution in [0.15, 0.2) is 0 Å². The van der Waals surface area contributed by atoms with Crippen molar-refractivity contribution >= 4 is 11.9 Å². The van der Waals surface area contributed by atoms with Gasteiger partial charge in [0.25, 0.3) is 0 Å². The van der Waals surface area contributed by atoms with Gasteiger partial charge in [0, 0.05) is 12.6 Å². The molecule has 3 unspecified atom stereocenters. The molecule has 0 fully saturated rings. The molecule has 0 aromatic heterocycles. The molecule has 0 aliphatic carbocycles. The minimum absolute atomic E-state index is 0.182. The molecule has 1 amide bonds. The molecule has 16 heavy (non-hydrogen) atoms. The summed E-state index contributed by atoms with van der Waals surface area (Å²) in [6.07, 6.45) is 0.628. The molecule has 5 nitrogen and oxygen atoms in total. The molecule has 0 saturated carbocycles. The van der Waals surface area contributed by atoms with Crippen molar-refractivity contribution in [1.29, 1.82) is 0 Å². The summed E-state index contributed by atoms with van der Waals surface area (Å²) in [6.45, 7) is 7.17. The van der Waals surface area contributed by atoms with E-state index in [0.29, 0.717) is 6.42 Å². The molecule has 0 bridgehead atoms. The van der Waals surface area contributed by atoms with Gasteiger partial charge in [-0.1, -0.05) is 6.92 Å². The molecule has 4 N–H and O–H groups in total. The molecule has 5 heteroatoms. The van der Waals surface area contributed by atoms with Crippen LogP contribution in [0.3, 0.4) is 0 Å². The summed E-state index contributed by atoms with van der Waals surface area (Å²) in [7, 11) is 0. The van der Waals surface area contributed by atoms with Crippen molar-refractivity contribution in [3.8, 4) is 0 Å². The van der Waals surface area contributed by atoms with E-state index >= 15 is 0 Å². The van der Waals surface area contributed by atoms with Crippen molar-refractivity contribution in [2.24, 2.45) is 17.1 Å². The Balaban J connectivity index is 4.50. The van der Waals surface area contributed by atoms with E-state index in [1.165, 1.54) is 0 Å². The number of hydrogen-bond donors (Lipinski definition) is 3. The van der Waals surface area contributed by atoms with E-state index in [-0.39, 0.29) is 12.5 Å². The zero-order chi connectivity index (χ0) is 12.9. The van der Waals surface area contributed by atoms with E-state index in [1.807, 2.05) is 6.92 Å². The van der Waals surface area contributed by atoms with E-state index in [4.69, 9.17) is 10.8 Å². The average Bonchev–Trinajstić information content (AvgIpc) is 2.26. The summed E-state index contributed by atoms with van der Waals surface area (Å²) in [5.74, 6) is -1.71. The second-order valence-electron chi connectivity index (χ2n) is 4.51. The maximum atomic E-state index is 11.9. The van der Waals surface area contributed by atoms with Crippen LogP contribution < -0.4 is 11.1 Å². The lowest BCUT2D eigenvalue weighted by molar-refractivity contribution is -0.142. The zero-order valence-corrected chi connectivity index (χ0v) is 10.4. The molecule has 0 aromatic rings. The fourth-order valence-corrected chi connectivity index (χ4v) is 1.12. The minimum Gasteiger partial charge on any atom is -0.481 e. The molecule has 0 radical (unpaired) electrons. The Labute approximate surface area is 96.4 Å². The highest BCUT2D eigenvalue weighted by atomic mass is 16.4. The fourth-order valence-electron chi connectivity index (χ4n) is 1.12. The number of rotatable bonds is 6. The molecular formula is C11H22N2O3. The Hall–Kier alpha value is -1.10. The van der Waals surface area contributed by atoms with E-state index in [0.717, 1.165) is 0 Å². The van der Waals surface area contributed by atoms with Crippen LogP contribution in [0.4, 0.5) is 0 Å². The number of nitrogens with one attached hydrogen (secondary N) is 1. The van der Waals surface area contributed by atoms with Gasteiger partial charge in [0.1, 0.15) is 0 Å². The second kappa shape index (κ2) is 5.84. The number of carboxylic acid groups (broad SMARTS) is 1. The summed E-state index contributed by atoms with van der Waals surface area (Å²) in [5.41, 5.74) is 4.93. The van der Waals surface area contributed by atoms with Crippen LogP contribution in [0, 0.1) is 11.3 Å². The van der Waals surface area contributed by atoms with E-state index in [2.05, 4.69) is 5.32 Å². The fraction of sp³-hybridized carbons (Fsp3) is 0.818. The van der Waals surface area contributed by atoms with Crippen molar-refractivity contribution in [2.45, 2.75) is 40.2 Å². The molecular weight excluding hydrogens is 208 g/mol. The first-order valence-electron chi connectivity index (χ1n) is 5.52. The molecule has 3 atom stereocenters. The van der Waals surface area contributed by atoms with Gasteiger partial charge in [-0.15, -0.1) is 0 Å². The van der Waals surface area contributed by atoms with Gasteiger partial charge in [-0.3, -0.25) is 9.59 Å². The monoisotopic (exact) mass is 230 g/mol. The van der Waals surface area contributed by atoms with Crippen LogP contribution in [-0.2, 0) is 9.59 Å². The van der Waals surface area contributed by atoms with Crippen LogP contribution in [0.2, 0.25) is 0 Å². The quantitative estimate of drug-likeness (QED) is 0.622. The van der Waals surface area contributed by atoms with Gasteiger partial charge in [-0.25, -0.2) is 0 Å². The molecule has 0 aliphatic heterocycles. The molecule has 0 aliphatic rings. The highest BCUT2D eigenvalue weighted by Crippen LogP contribution is 2.20. The summed E-state index contributed by atoms with van der Waals surface area (Å²) in [5, 5.41) is 11.5. The Morgan fingerprint density at radius 2 is 1.94 bits per heavy atom. The smallest absolute Gasteiger partial charge is 0.308 e. The molecule has 0 heterocycles. The van der Waals surface area contributed by atoms with Crippen LogP contribution in [0.25, 0.3) is 0 Å².